The van der Waals surface area contributed by atoms with E-state index in [2.05, 4.69) is 10.3 Å². The summed E-state index contributed by atoms with van der Waals surface area (Å²) in [5.41, 5.74) is 0.692. The van der Waals surface area contributed by atoms with Crippen LogP contribution in [0.4, 0.5) is 0 Å². The van der Waals surface area contributed by atoms with Crippen LogP contribution >= 0.6 is 0 Å². The second-order valence-corrected chi connectivity index (χ2v) is 6.71. The molecular weight excluding hydrogens is 292 g/mol. The number of amides is 1. The summed E-state index contributed by atoms with van der Waals surface area (Å²) >= 11 is 0. The van der Waals surface area contributed by atoms with Gasteiger partial charge in [0, 0.05) is 32.0 Å². The first-order valence-corrected chi connectivity index (χ1v) is 7.86. The molecule has 0 bridgehead atoms. The van der Waals surface area contributed by atoms with E-state index in [1.54, 1.807) is 24.7 Å². The van der Waals surface area contributed by atoms with Crippen molar-refractivity contribution in [2.45, 2.75) is 39.0 Å². The van der Waals surface area contributed by atoms with E-state index < -0.39 is 5.60 Å². The fraction of sp³-hybridized carbons (Fsp3) is 0.471. The Bertz CT molecular complexity index is 675. The van der Waals surface area contributed by atoms with Crippen LogP contribution in [-0.2, 0) is 23.5 Å². The minimum Gasteiger partial charge on any atom is -0.384 e. The molecule has 2 heterocycles. The van der Waals surface area contributed by atoms with E-state index in [0.717, 1.165) is 12.1 Å². The number of rotatable bonds is 5. The summed E-state index contributed by atoms with van der Waals surface area (Å²) < 4.78 is 1.72. The van der Waals surface area contributed by atoms with E-state index in [1.165, 1.54) is 0 Å². The third-order valence-electron chi connectivity index (χ3n) is 4.12. The molecule has 0 radical (unpaired) electrons. The maximum atomic E-state index is 12.2. The maximum absolute atomic E-state index is 12.2. The van der Waals surface area contributed by atoms with Crippen molar-refractivity contribution in [3.05, 3.63) is 47.8 Å². The van der Waals surface area contributed by atoms with Crippen LogP contribution < -0.4 is 0 Å². The van der Waals surface area contributed by atoms with Crippen LogP contribution in [0.5, 0.6) is 0 Å². The maximum Gasteiger partial charge on any atom is 0.223 e. The molecule has 1 aromatic heterocycles. The zero-order chi connectivity index (χ0) is 16.4. The van der Waals surface area contributed by atoms with Crippen molar-refractivity contribution >= 4 is 5.91 Å². The zero-order valence-electron chi connectivity index (χ0n) is 13.5. The molecule has 2 aromatic rings. The third-order valence-corrected chi connectivity index (χ3v) is 4.12. The Balaban J connectivity index is 1.60. The van der Waals surface area contributed by atoms with Gasteiger partial charge in [-0.25, -0.2) is 0 Å². The van der Waals surface area contributed by atoms with Crippen LogP contribution in [0.25, 0.3) is 0 Å². The van der Waals surface area contributed by atoms with Gasteiger partial charge in [0.2, 0.25) is 5.91 Å². The summed E-state index contributed by atoms with van der Waals surface area (Å²) in [6, 6.07) is 10.0. The molecule has 0 saturated carbocycles. The summed E-state index contributed by atoms with van der Waals surface area (Å²) in [4.78, 5) is 14.1. The zero-order valence-corrected chi connectivity index (χ0v) is 13.5. The third kappa shape index (κ3) is 3.76. The van der Waals surface area contributed by atoms with Gasteiger partial charge in [-0.15, -0.1) is 5.10 Å². The van der Waals surface area contributed by atoms with Crippen molar-refractivity contribution in [2.24, 2.45) is 5.92 Å². The molecule has 3 rings (SSSR count). The highest BCUT2D eigenvalue weighted by Crippen LogP contribution is 2.22. The van der Waals surface area contributed by atoms with Crippen molar-refractivity contribution < 1.29 is 9.90 Å². The van der Waals surface area contributed by atoms with Crippen LogP contribution in [-0.4, -0.2) is 37.5 Å². The van der Waals surface area contributed by atoms with Gasteiger partial charge in [-0.1, -0.05) is 35.5 Å². The molecule has 0 spiro atoms. The van der Waals surface area contributed by atoms with Crippen molar-refractivity contribution in [2.75, 3.05) is 6.54 Å². The van der Waals surface area contributed by atoms with Crippen molar-refractivity contribution in [1.29, 1.82) is 0 Å². The lowest BCUT2D eigenvalue weighted by atomic mass is 10.1. The molecule has 1 fully saturated rings. The number of benzene rings is 1. The number of nitrogens with zero attached hydrogens (tertiary/aromatic N) is 4. The van der Waals surface area contributed by atoms with Crippen LogP contribution in [0.1, 0.15) is 31.5 Å². The molecule has 1 atom stereocenters. The highest BCUT2D eigenvalue weighted by Gasteiger charge is 2.30. The Kier molecular flexibility index (Phi) is 4.17. The summed E-state index contributed by atoms with van der Waals surface area (Å²) in [5.74, 6) is 0.407. The Labute approximate surface area is 135 Å². The van der Waals surface area contributed by atoms with Crippen LogP contribution in [0.3, 0.4) is 0 Å². The number of hydrogen-bond donors (Lipinski definition) is 1. The topological polar surface area (TPSA) is 71.2 Å². The molecule has 6 nitrogen and oxygen atoms in total. The lowest BCUT2D eigenvalue weighted by molar-refractivity contribution is -0.128. The molecule has 6 heteroatoms. The van der Waals surface area contributed by atoms with Gasteiger partial charge in [0.15, 0.2) is 0 Å². The molecule has 1 aromatic carbocycles. The number of aromatic nitrogens is 3. The van der Waals surface area contributed by atoms with Crippen LogP contribution in [0, 0.1) is 5.92 Å². The molecule has 122 valence electrons. The lowest BCUT2D eigenvalue weighted by Crippen LogP contribution is -2.25. The molecule has 1 aliphatic rings. The summed E-state index contributed by atoms with van der Waals surface area (Å²) in [5, 5.41) is 18.0. The van der Waals surface area contributed by atoms with E-state index >= 15 is 0 Å². The van der Waals surface area contributed by atoms with Crippen molar-refractivity contribution in [3.8, 4) is 0 Å². The Morgan fingerprint density at radius 1 is 1.30 bits per heavy atom. The van der Waals surface area contributed by atoms with Gasteiger partial charge >= 0.3 is 0 Å². The van der Waals surface area contributed by atoms with Crippen LogP contribution in [0.2, 0.25) is 0 Å². The van der Waals surface area contributed by atoms with Gasteiger partial charge in [-0.2, -0.15) is 0 Å². The lowest BCUT2D eigenvalue weighted by Gasteiger charge is -2.16. The van der Waals surface area contributed by atoms with E-state index in [4.69, 9.17) is 0 Å². The van der Waals surface area contributed by atoms with E-state index in [1.807, 2.05) is 35.2 Å². The monoisotopic (exact) mass is 314 g/mol. The largest absolute Gasteiger partial charge is 0.384 e. The van der Waals surface area contributed by atoms with Gasteiger partial charge in [0.05, 0.1) is 6.20 Å². The SMILES string of the molecule is CC(C)(O)c1cn(CC2CC(=O)N(Cc3ccccc3)C2)nn1. The molecule has 1 N–H and O–H groups in total. The number of carbonyl (C=O) groups is 1. The average Bonchev–Trinajstić information content (AvgIpc) is 3.08. The fourth-order valence-corrected chi connectivity index (χ4v) is 2.87. The minimum atomic E-state index is -0.997. The molecule has 1 unspecified atom stereocenters. The number of carbonyl (C=O) groups excluding carboxylic acids is 1. The van der Waals surface area contributed by atoms with Gasteiger partial charge in [-0.05, 0) is 19.4 Å². The number of aliphatic hydroxyl groups is 1. The Hall–Kier alpha value is -2.21. The first-order valence-electron chi connectivity index (χ1n) is 7.86. The van der Waals surface area contributed by atoms with Crippen molar-refractivity contribution in [3.63, 3.8) is 0 Å². The van der Waals surface area contributed by atoms with E-state index in [-0.39, 0.29) is 11.8 Å². The highest BCUT2D eigenvalue weighted by molar-refractivity contribution is 5.78. The first kappa shape index (κ1) is 15.7. The Morgan fingerprint density at radius 3 is 2.70 bits per heavy atom. The molecule has 0 aliphatic carbocycles. The minimum absolute atomic E-state index is 0.182. The van der Waals surface area contributed by atoms with Gasteiger partial charge in [0.25, 0.3) is 0 Å². The number of likely N-dealkylation sites (tertiary alicyclic amines) is 1. The summed E-state index contributed by atoms with van der Waals surface area (Å²) in [7, 11) is 0. The fourth-order valence-electron chi connectivity index (χ4n) is 2.87. The second kappa shape index (κ2) is 6.12. The van der Waals surface area contributed by atoms with E-state index in [0.29, 0.717) is 25.2 Å². The predicted molar refractivity (Wildman–Crippen MR) is 85.2 cm³/mol. The number of hydrogen-bond acceptors (Lipinski definition) is 4. The second-order valence-electron chi connectivity index (χ2n) is 6.71. The van der Waals surface area contributed by atoms with E-state index in [9.17, 15) is 9.90 Å². The van der Waals surface area contributed by atoms with Gasteiger partial charge in [-0.3, -0.25) is 9.48 Å². The standard InChI is InChI=1S/C17H22N4O2/c1-17(2,23)15-12-21(19-18-15)11-14-8-16(22)20(10-14)9-13-6-4-3-5-7-13/h3-7,12,14,23H,8-11H2,1-2H3. The normalized spacial score (nSPS) is 18.7. The van der Waals surface area contributed by atoms with Gasteiger partial charge in [0.1, 0.15) is 11.3 Å². The molecule has 1 amide bonds. The predicted octanol–water partition coefficient (Wildman–Crippen LogP) is 1.55. The van der Waals surface area contributed by atoms with Gasteiger partial charge < -0.3 is 10.0 Å². The highest BCUT2D eigenvalue weighted by atomic mass is 16.3. The smallest absolute Gasteiger partial charge is 0.223 e. The quantitative estimate of drug-likeness (QED) is 0.909. The molecule has 1 saturated heterocycles. The average molecular weight is 314 g/mol. The molecule has 23 heavy (non-hydrogen) atoms. The molecule has 1 aliphatic heterocycles. The summed E-state index contributed by atoms with van der Waals surface area (Å²) in [6.07, 6.45) is 2.29. The molecular formula is C17H22N4O2. The first-order chi connectivity index (χ1) is 10.9. The van der Waals surface area contributed by atoms with Crippen molar-refractivity contribution in [1.82, 2.24) is 19.9 Å². The van der Waals surface area contributed by atoms with Crippen LogP contribution in [0.15, 0.2) is 36.5 Å². The Morgan fingerprint density at radius 2 is 2.04 bits per heavy atom. The summed E-state index contributed by atoms with van der Waals surface area (Å²) in [6.45, 7) is 5.39.